The molecule has 2 aromatic rings. The van der Waals surface area contributed by atoms with Gasteiger partial charge in [0.1, 0.15) is 5.71 Å². The van der Waals surface area contributed by atoms with Crippen molar-refractivity contribution in [1.29, 1.82) is 0 Å². The molecule has 0 unspecified atom stereocenters. The zero-order chi connectivity index (χ0) is 18.2. The molecule has 0 aliphatic carbocycles. The minimum absolute atomic E-state index is 0.00749. The molecule has 0 radical (unpaired) electrons. The number of hydrogen-bond acceptors (Lipinski definition) is 2. The van der Waals surface area contributed by atoms with Crippen LogP contribution in [-0.4, -0.2) is 18.1 Å². The molecule has 0 aromatic heterocycles. The molecule has 8 heteroatoms. The fraction of sp³-hybridized carbons (Fsp3) is 0.118. The summed E-state index contributed by atoms with van der Waals surface area (Å²) in [5, 5.41) is 3.17. The quantitative estimate of drug-likeness (QED) is 0.601. The lowest BCUT2D eigenvalue weighted by molar-refractivity contribution is -0.0741. The molecule has 2 aromatic carbocycles. The summed E-state index contributed by atoms with van der Waals surface area (Å²) in [7, 11) is 0. The summed E-state index contributed by atoms with van der Waals surface area (Å²) in [6.07, 6.45) is -2.99. The van der Waals surface area contributed by atoms with E-state index in [0.29, 0.717) is 5.56 Å². The first-order valence-corrected chi connectivity index (χ1v) is 7.83. The number of halogens is 6. The second kappa shape index (κ2) is 6.69. The zero-order valence-electron chi connectivity index (χ0n) is 12.4. The first kappa shape index (κ1) is 17.8. The van der Waals surface area contributed by atoms with Gasteiger partial charge in [0.25, 0.3) is 0 Å². The standard InChI is InChI=1S/C17H10Cl2F4N2/c18-10-6-13-14(7-11(10)19)25-15(17(22,23)16(20)21)8-12(24-13)9-4-2-1-3-5-9/h1-8,16,24H. The van der Waals surface area contributed by atoms with Crippen molar-refractivity contribution in [3.63, 3.8) is 0 Å². The molecule has 1 N–H and O–H groups in total. The van der Waals surface area contributed by atoms with Gasteiger partial charge in [-0.3, -0.25) is 0 Å². The molecule has 130 valence electrons. The molecule has 1 aliphatic heterocycles. The second-order valence-electron chi connectivity index (χ2n) is 5.25. The van der Waals surface area contributed by atoms with Crippen LogP contribution in [0.15, 0.2) is 53.5 Å². The van der Waals surface area contributed by atoms with Crippen molar-refractivity contribution >= 4 is 46.0 Å². The van der Waals surface area contributed by atoms with E-state index in [-0.39, 0.29) is 27.1 Å². The summed E-state index contributed by atoms with van der Waals surface area (Å²) < 4.78 is 53.6. The lowest BCUT2D eigenvalue weighted by Crippen LogP contribution is -2.35. The van der Waals surface area contributed by atoms with Gasteiger partial charge < -0.3 is 5.32 Å². The fourth-order valence-corrected chi connectivity index (χ4v) is 2.59. The number of benzene rings is 2. The Balaban J connectivity index is 2.21. The summed E-state index contributed by atoms with van der Waals surface area (Å²) in [6, 6.07) is 11.1. The molecule has 1 heterocycles. The van der Waals surface area contributed by atoms with Gasteiger partial charge in [-0.1, -0.05) is 53.5 Å². The third-order valence-corrected chi connectivity index (χ3v) is 4.25. The molecule has 0 saturated heterocycles. The fourth-order valence-electron chi connectivity index (χ4n) is 2.26. The monoisotopic (exact) mass is 388 g/mol. The first-order valence-electron chi connectivity index (χ1n) is 7.07. The van der Waals surface area contributed by atoms with Crippen LogP contribution >= 0.6 is 23.2 Å². The lowest BCUT2D eigenvalue weighted by atomic mass is 10.1. The highest BCUT2D eigenvalue weighted by molar-refractivity contribution is 6.42. The van der Waals surface area contributed by atoms with Gasteiger partial charge >= 0.3 is 12.3 Å². The van der Waals surface area contributed by atoms with Crippen LogP contribution in [0, 0.1) is 0 Å². The third kappa shape index (κ3) is 3.50. The Morgan fingerprint density at radius 1 is 1.00 bits per heavy atom. The predicted octanol–water partition coefficient (Wildman–Crippen LogP) is 6.43. The van der Waals surface area contributed by atoms with Crippen LogP contribution < -0.4 is 5.32 Å². The molecule has 0 amide bonds. The van der Waals surface area contributed by atoms with Crippen molar-refractivity contribution in [3.05, 3.63) is 64.1 Å². The average molecular weight is 389 g/mol. The molecule has 0 spiro atoms. The molecule has 0 bridgehead atoms. The molecular weight excluding hydrogens is 379 g/mol. The van der Waals surface area contributed by atoms with E-state index in [1.54, 1.807) is 30.3 Å². The van der Waals surface area contributed by atoms with E-state index in [1.165, 1.54) is 12.1 Å². The van der Waals surface area contributed by atoms with Gasteiger partial charge in [0.05, 0.1) is 21.4 Å². The van der Waals surface area contributed by atoms with Crippen molar-refractivity contribution in [2.45, 2.75) is 12.3 Å². The highest BCUT2D eigenvalue weighted by Crippen LogP contribution is 2.40. The van der Waals surface area contributed by atoms with Gasteiger partial charge in [-0.05, 0) is 23.8 Å². The number of nitrogens with zero attached hydrogens (tertiary/aromatic N) is 1. The number of allylic oxidation sites excluding steroid dienone is 1. The van der Waals surface area contributed by atoms with Crippen LogP contribution in [0.3, 0.4) is 0 Å². The zero-order valence-corrected chi connectivity index (χ0v) is 13.9. The van der Waals surface area contributed by atoms with Crippen molar-refractivity contribution in [2.24, 2.45) is 4.99 Å². The van der Waals surface area contributed by atoms with Crippen molar-refractivity contribution in [1.82, 2.24) is 0 Å². The molecule has 0 atom stereocenters. The van der Waals surface area contributed by atoms with Gasteiger partial charge in [-0.25, -0.2) is 13.8 Å². The number of anilines is 1. The molecule has 25 heavy (non-hydrogen) atoms. The van der Waals surface area contributed by atoms with Crippen LogP contribution in [0.2, 0.25) is 10.0 Å². The number of rotatable bonds is 3. The molecule has 3 rings (SSSR count). The van der Waals surface area contributed by atoms with E-state index >= 15 is 0 Å². The number of nitrogens with one attached hydrogen (secondary N) is 1. The second-order valence-corrected chi connectivity index (χ2v) is 6.07. The maximum absolute atomic E-state index is 14.0. The summed E-state index contributed by atoms with van der Waals surface area (Å²) in [6.45, 7) is 0. The summed E-state index contributed by atoms with van der Waals surface area (Å²) in [5.74, 6) is -4.42. The van der Waals surface area contributed by atoms with Crippen LogP contribution in [0.1, 0.15) is 5.56 Å². The Kier molecular flexibility index (Phi) is 4.75. The number of aliphatic imine (C=N–C) groups is 1. The lowest BCUT2D eigenvalue weighted by Gasteiger charge is -2.15. The summed E-state index contributed by atoms with van der Waals surface area (Å²) in [4.78, 5) is 3.71. The normalized spacial score (nSPS) is 14.4. The number of hydrogen-bond donors (Lipinski definition) is 1. The SMILES string of the molecule is FC(F)C(F)(F)C1=Nc2cc(Cl)c(Cl)cc2NC(c2ccccc2)=C1. The molecule has 1 aliphatic rings. The Morgan fingerprint density at radius 3 is 2.28 bits per heavy atom. The minimum Gasteiger partial charge on any atom is -0.353 e. The van der Waals surface area contributed by atoms with Crippen molar-refractivity contribution < 1.29 is 17.6 Å². The molecule has 0 fully saturated rings. The molecule has 0 saturated carbocycles. The van der Waals surface area contributed by atoms with E-state index in [9.17, 15) is 17.6 Å². The van der Waals surface area contributed by atoms with E-state index in [2.05, 4.69) is 10.3 Å². The predicted molar refractivity (Wildman–Crippen MR) is 92.5 cm³/mol. The minimum atomic E-state index is -4.42. The van der Waals surface area contributed by atoms with Gasteiger partial charge in [0.15, 0.2) is 0 Å². The van der Waals surface area contributed by atoms with Crippen LogP contribution in [0.25, 0.3) is 5.70 Å². The van der Waals surface area contributed by atoms with Gasteiger partial charge in [-0.2, -0.15) is 8.78 Å². The summed E-state index contributed by atoms with van der Waals surface area (Å²) >= 11 is 11.9. The Hall–Kier alpha value is -2.05. The van der Waals surface area contributed by atoms with Crippen LogP contribution in [-0.2, 0) is 0 Å². The average Bonchev–Trinajstić information content (AvgIpc) is 2.76. The smallest absolute Gasteiger partial charge is 0.349 e. The van der Waals surface area contributed by atoms with Gasteiger partial charge in [0.2, 0.25) is 0 Å². The Bertz CT molecular complexity index is 864. The number of alkyl halides is 4. The number of fused-ring (bicyclic) bond motifs is 1. The van der Waals surface area contributed by atoms with Gasteiger partial charge in [-0.15, -0.1) is 0 Å². The largest absolute Gasteiger partial charge is 0.353 e. The maximum Gasteiger partial charge on any atom is 0.349 e. The third-order valence-electron chi connectivity index (χ3n) is 3.53. The highest BCUT2D eigenvalue weighted by Gasteiger charge is 2.46. The van der Waals surface area contributed by atoms with Crippen LogP contribution in [0.4, 0.5) is 28.9 Å². The van der Waals surface area contributed by atoms with E-state index < -0.39 is 18.1 Å². The Labute approximate surface area is 150 Å². The molecule has 2 nitrogen and oxygen atoms in total. The Morgan fingerprint density at radius 2 is 1.64 bits per heavy atom. The highest BCUT2D eigenvalue weighted by atomic mass is 35.5. The van der Waals surface area contributed by atoms with Crippen molar-refractivity contribution in [2.75, 3.05) is 5.32 Å². The maximum atomic E-state index is 14.0. The van der Waals surface area contributed by atoms with E-state index in [0.717, 1.165) is 6.08 Å². The van der Waals surface area contributed by atoms with Gasteiger partial charge in [0, 0.05) is 5.70 Å². The molecular formula is C17H10Cl2F4N2. The first-order chi connectivity index (χ1) is 11.8. The topological polar surface area (TPSA) is 24.4 Å². The van der Waals surface area contributed by atoms with Crippen LogP contribution in [0.5, 0.6) is 0 Å². The van der Waals surface area contributed by atoms with Crippen molar-refractivity contribution in [3.8, 4) is 0 Å². The van der Waals surface area contributed by atoms with E-state index in [4.69, 9.17) is 23.2 Å². The summed E-state index contributed by atoms with van der Waals surface area (Å²) in [5.41, 5.74) is -0.0709. The van der Waals surface area contributed by atoms with E-state index in [1.807, 2.05) is 0 Å².